The van der Waals surface area contributed by atoms with Crippen LogP contribution >= 0.6 is 0 Å². The molecule has 0 aliphatic heterocycles. The lowest BCUT2D eigenvalue weighted by Gasteiger charge is -2.13. The van der Waals surface area contributed by atoms with E-state index in [1.807, 2.05) is 24.3 Å². The first-order chi connectivity index (χ1) is 5.61. The molecule has 1 aromatic rings. The summed E-state index contributed by atoms with van der Waals surface area (Å²) < 4.78 is 0. The lowest BCUT2D eigenvalue weighted by Crippen LogP contribution is -2.40. The van der Waals surface area contributed by atoms with Crippen molar-refractivity contribution in [2.24, 2.45) is 0 Å². The molecular formula is C9H13N2O+. The Morgan fingerprint density at radius 3 is 2.25 bits per heavy atom. The Labute approximate surface area is 71.8 Å². The van der Waals surface area contributed by atoms with E-state index in [2.05, 4.69) is 5.73 Å². The number of benzene rings is 1. The van der Waals surface area contributed by atoms with Gasteiger partial charge in [-0.05, 0) is 12.1 Å². The maximum atomic E-state index is 10.9. The summed E-state index contributed by atoms with van der Waals surface area (Å²) in [5.74, 6) is 0.0341. The second kappa shape index (κ2) is 3.36. The van der Waals surface area contributed by atoms with Crippen LogP contribution in [0.2, 0.25) is 0 Å². The van der Waals surface area contributed by atoms with E-state index in [1.165, 1.54) is 6.92 Å². The number of hydrogen-bond donors (Lipinski definition) is 1. The number of rotatable bonds is 1. The highest BCUT2D eigenvalue weighted by molar-refractivity contribution is 5.90. The molecule has 0 aliphatic carbocycles. The summed E-state index contributed by atoms with van der Waals surface area (Å²) in [4.78, 5) is 12.5. The molecule has 0 spiro atoms. The van der Waals surface area contributed by atoms with Crippen molar-refractivity contribution < 1.29 is 10.5 Å². The number of nitrogens with zero attached hydrogens (tertiary/aromatic N) is 1. The van der Waals surface area contributed by atoms with E-state index in [0.717, 1.165) is 11.4 Å². The Kier molecular flexibility index (Phi) is 2.45. The third-order valence-corrected chi connectivity index (χ3v) is 1.80. The number of quaternary nitrogens is 1. The molecule has 0 unspecified atom stereocenters. The average Bonchev–Trinajstić information content (AvgIpc) is 2.04. The van der Waals surface area contributed by atoms with Gasteiger partial charge in [0.15, 0.2) is 0 Å². The van der Waals surface area contributed by atoms with Gasteiger partial charge in [0.1, 0.15) is 5.69 Å². The van der Waals surface area contributed by atoms with Crippen molar-refractivity contribution in [1.82, 2.24) is 0 Å². The highest BCUT2D eigenvalue weighted by Gasteiger charge is 2.03. The van der Waals surface area contributed by atoms with Crippen molar-refractivity contribution in [2.45, 2.75) is 6.92 Å². The van der Waals surface area contributed by atoms with Gasteiger partial charge in [0.2, 0.25) is 5.91 Å². The fraction of sp³-hybridized carbons (Fsp3) is 0.222. The van der Waals surface area contributed by atoms with Gasteiger partial charge in [-0.25, -0.2) is 0 Å². The van der Waals surface area contributed by atoms with Crippen LogP contribution in [0.25, 0.3) is 0 Å². The summed E-state index contributed by atoms with van der Waals surface area (Å²) in [6.45, 7) is 1.54. The minimum absolute atomic E-state index is 0.0341. The van der Waals surface area contributed by atoms with E-state index in [4.69, 9.17) is 0 Å². The molecule has 0 radical (unpaired) electrons. The summed E-state index contributed by atoms with van der Waals surface area (Å²) >= 11 is 0. The molecule has 1 aromatic carbocycles. The van der Waals surface area contributed by atoms with Gasteiger partial charge in [-0.2, -0.15) is 0 Å². The number of amides is 1. The normalized spacial score (nSPS) is 9.58. The van der Waals surface area contributed by atoms with Crippen LogP contribution in [0.1, 0.15) is 6.92 Å². The van der Waals surface area contributed by atoms with Crippen LogP contribution in [0.5, 0.6) is 0 Å². The molecule has 3 nitrogen and oxygen atoms in total. The summed E-state index contributed by atoms with van der Waals surface area (Å²) in [6.07, 6.45) is 0. The van der Waals surface area contributed by atoms with Crippen LogP contribution in [0, 0.1) is 0 Å². The molecule has 3 N–H and O–H groups in total. The van der Waals surface area contributed by atoms with Crippen LogP contribution in [-0.2, 0) is 4.79 Å². The number of carbonyl (C=O) groups excluding carboxylic acids is 1. The molecule has 64 valence electrons. The van der Waals surface area contributed by atoms with Crippen molar-refractivity contribution in [2.75, 3.05) is 11.9 Å². The fourth-order valence-electron chi connectivity index (χ4n) is 0.901. The van der Waals surface area contributed by atoms with Gasteiger partial charge in [-0.1, -0.05) is 0 Å². The van der Waals surface area contributed by atoms with Crippen LogP contribution < -0.4 is 10.6 Å². The Morgan fingerprint density at radius 1 is 1.33 bits per heavy atom. The zero-order valence-electron chi connectivity index (χ0n) is 7.37. The lowest BCUT2D eigenvalue weighted by molar-refractivity contribution is -0.254. The predicted molar refractivity (Wildman–Crippen MR) is 48.1 cm³/mol. The van der Waals surface area contributed by atoms with Gasteiger partial charge in [-0.15, -0.1) is 0 Å². The monoisotopic (exact) mass is 165 g/mol. The third-order valence-electron chi connectivity index (χ3n) is 1.80. The van der Waals surface area contributed by atoms with Crippen LogP contribution in [0.4, 0.5) is 11.4 Å². The van der Waals surface area contributed by atoms with E-state index in [0.29, 0.717) is 0 Å². The van der Waals surface area contributed by atoms with Gasteiger partial charge in [0.25, 0.3) is 0 Å². The SMILES string of the molecule is CC(=O)N(C)c1ccc([NH3+])cc1. The molecule has 12 heavy (non-hydrogen) atoms. The summed E-state index contributed by atoms with van der Waals surface area (Å²) in [5.41, 5.74) is 5.61. The largest absolute Gasteiger partial charge is 0.325 e. The summed E-state index contributed by atoms with van der Waals surface area (Å²) in [6, 6.07) is 7.52. The molecule has 1 rings (SSSR count). The molecule has 0 aromatic heterocycles. The Bertz CT molecular complexity index is 279. The highest BCUT2D eigenvalue weighted by Crippen LogP contribution is 2.13. The van der Waals surface area contributed by atoms with Crippen molar-refractivity contribution in [3.05, 3.63) is 24.3 Å². The van der Waals surface area contributed by atoms with Crippen molar-refractivity contribution in [3.63, 3.8) is 0 Å². The minimum atomic E-state index is 0.0341. The zero-order chi connectivity index (χ0) is 9.14. The molecule has 1 amide bonds. The molecule has 0 saturated carbocycles. The van der Waals surface area contributed by atoms with E-state index in [1.54, 1.807) is 11.9 Å². The van der Waals surface area contributed by atoms with Gasteiger partial charge >= 0.3 is 0 Å². The second-order valence-corrected chi connectivity index (χ2v) is 2.74. The molecule has 0 bridgehead atoms. The second-order valence-electron chi connectivity index (χ2n) is 2.74. The molecule has 0 fully saturated rings. The standard InChI is InChI=1S/C9H12N2O/c1-7(12)11(2)9-5-3-8(10)4-6-9/h3-6H,10H2,1-2H3/p+1. The van der Waals surface area contributed by atoms with Crippen LogP contribution in [0.3, 0.4) is 0 Å². The fourth-order valence-corrected chi connectivity index (χ4v) is 0.901. The Morgan fingerprint density at radius 2 is 1.83 bits per heavy atom. The first-order valence-electron chi connectivity index (χ1n) is 3.77. The first-order valence-corrected chi connectivity index (χ1v) is 3.77. The van der Waals surface area contributed by atoms with Crippen LogP contribution in [-0.4, -0.2) is 13.0 Å². The first kappa shape index (κ1) is 8.74. The maximum absolute atomic E-state index is 10.9. The molecule has 0 saturated heterocycles. The van der Waals surface area contributed by atoms with Gasteiger partial charge < -0.3 is 10.6 Å². The minimum Gasteiger partial charge on any atom is -0.325 e. The molecule has 0 heterocycles. The maximum Gasteiger partial charge on any atom is 0.223 e. The Hall–Kier alpha value is -1.35. The number of anilines is 1. The predicted octanol–water partition coefficient (Wildman–Crippen LogP) is 0.543. The molecule has 0 atom stereocenters. The van der Waals surface area contributed by atoms with Crippen molar-refractivity contribution in [1.29, 1.82) is 0 Å². The number of carbonyl (C=O) groups is 1. The van der Waals surface area contributed by atoms with E-state index in [-0.39, 0.29) is 5.91 Å². The summed E-state index contributed by atoms with van der Waals surface area (Å²) in [7, 11) is 1.75. The molecular weight excluding hydrogens is 152 g/mol. The van der Waals surface area contributed by atoms with Crippen LogP contribution in [0.15, 0.2) is 24.3 Å². The van der Waals surface area contributed by atoms with Gasteiger partial charge in [-0.3, -0.25) is 4.79 Å². The van der Waals surface area contributed by atoms with Gasteiger partial charge in [0.05, 0.1) is 0 Å². The number of hydrogen-bond acceptors (Lipinski definition) is 1. The van der Waals surface area contributed by atoms with E-state index >= 15 is 0 Å². The smallest absolute Gasteiger partial charge is 0.223 e. The molecule has 0 aliphatic rings. The lowest BCUT2D eigenvalue weighted by atomic mass is 10.2. The Balaban J connectivity index is 2.89. The van der Waals surface area contributed by atoms with Crippen molar-refractivity contribution >= 4 is 17.3 Å². The van der Waals surface area contributed by atoms with Crippen molar-refractivity contribution in [3.8, 4) is 0 Å². The highest BCUT2D eigenvalue weighted by atomic mass is 16.2. The molecule has 3 heteroatoms. The van der Waals surface area contributed by atoms with Gasteiger partial charge in [0, 0.05) is 31.8 Å². The summed E-state index contributed by atoms with van der Waals surface area (Å²) in [5, 5.41) is 0. The van der Waals surface area contributed by atoms with E-state index in [9.17, 15) is 4.79 Å². The third kappa shape index (κ3) is 1.83. The average molecular weight is 165 g/mol. The quantitative estimate of drug-likeness (QED) is 0.648. The topological polar surface area (TPSA) is 48.0 Å². The zero-order valence-corrected chi connectivity index (χ0v) is 7.37. The van der Waals surface area contributed by atoms with E-state index < -0.39 is 0 Å².